The Bertz CT molecular complexity index is 492. The van der Waals surface area contributed by atoms with Crippen LogP contribution in [0.5, 0.6) is 0 Å². The Hall–Kier alpha value is -1.72. The smallest absolute Gasteiger partial charge is 0.233 e. The van der Waals surface area contributed by atoms with Gasteiger partial charge in [0.25, 0.3) is 0 Å². The van der Waals surface area contributed by atoms with Gasteiger partial charge in [-0.3, -0.25) is 9.59 Å². The SMILES string of the molecule is ClOOCl.O=C(C(=O)c1ccccc1)c1ccccc1. The lowest BCUT2D eigenvalue weighted by Crippen LogP contribution is -2.14. The maximum absolute atomic E-state index is 11.8. The van der Waals surface area contributed by atoms with Gasteiger partial charge in [-0.05, 0) is 0 Å². The molecule has 0 fully saturated rings. The summed E-state index contributed by atoms with van der Waals surface area (Å²) in [6, 6.07) is 17.2. The molecular weight excluding hydrogens is 303 g/mol. The molecule has 2 aromatic rings. The standard InChI is InChI=1S/C14H10O2.Cl2O2/c15-13(11-7-3-1-4-8-11)14(16)12-9-5-2-6-10-12;1-3-4-2/h1-10H;. The average molecular weight is 313 g/mol. The highest BCUT2D eigenvalue weighted by Gasteiger charge is 2.16. The molecule has 0 atom stereocenters. The van der Waals surface area contributed by atoms with Crippen molar-refractivity contribution in [2.24, 2.45) is 0 Å². The number of rotatable bonds is 4. The zero-order valence-corrected chi connectivity index (χ0v) is 11.7. The Morgan fingerprint density at radius 2 is 0.950 bits per heavy atom. The first-order chi connectivity index (χ1) is 9.70. The maximum atomic E-state index is 11.8. The van der Waals surface area contributed by atoms with E-state index in [1.807, 2.05) is 12.1 Å². The maximum Gasteiger partial charge on any atom is 0.233 e. The molecule has 0 saturated heterocycles. The quantitative estimate of drug-likeness (QED) is 0.370. The number of halogens is 2. The molecule has 2 rings (SSSR count). The van der Waals surface area contributed by atoms with Crippen molar-refractivity contribution in [3.63, 3.8) is 0 Å². The van der Waals surface area contributed by atoms with E-state index in [9.17, 15) is 9.59 Å². The lowest BCUT2D eigenvalue weighted by molar-refractivity contribution is -0.0832. The van der Waals surface area contributed by atoms with E-state index >= 15 is 0 Å². The summed E-state index contributed by atoms with van der Waals surface area (Å²) in [5.74, 6) is -0.932. The second-order valence-corrected chi connectivity index (χ2v) is 3.77. The van der Waals surface area contributed by atoms with Crippen LogP contribution in [0.4, 0.5) is 0 Å². The predicted octanol–water partition coefficient (Wildman–Crippen LogP) is 3.99. The summed E-state index contributed by atoms with van der Waals surface area (Å²) in [4.78, 5) is 23.6. The summed E-state index contributed by atoms with van der Waals surface area (Å²) in [5.41, 5.74) is 0.854. The first-order valence-electron chi connectivity index (χ1n) is 5.45. The van der Waals surface area contributed by atoms with Crippen molar-refractivity contribution in [2.75, 3.05) is 0 Å². The molecule has 0 unspecified atom stereocenters. The van der Waals surface area contributed by atoms with Crippen LogP contribution in [-0.2, 0) is 8.88 Å². The Morgan fingerprint density at radius 1 is 0.650 bits per heavy atom. The predicted molar refractivity (Wildman–Crippen MR) is 75.4 cm³/mol. The molecule has 0 radical (unpaired) electrons. The Labute approximate surface area is 126 Å². The molecule has 4 nitrogen and oxygen atoms in total. The van der Waals surface area contributed by atoms with E-state index in [0.29, 0.717) is 11.1 Å². The van der Waals surface area contributed by atoms with E-state index in [0.717, 1.165) is 0 Å². The van der Waals surface area contributed by atoms with Gasteiger partial charge >= 0.3 is 0 Å². The number of Topliss-reactive ketones (excluding diaryl/α,β-unsaturated/α-hetero) is 2. The van der Waals surface area contributed by atoms with E-state index in [4.69, 9.17) is 0 Å². The van der Waals surface area contributed by atoms with Crippen LogP contribution >= 0.6 is 23.7 Å². The molecule has 0 aliphatic carbocycles. The van der Waals surface area contributed by atoms with Crippen LogP contribution in [0.2, 0.25) is 0 Å². The van der Waals surface area contributed by atoms with Gasteiger partial charge < -0.3 is 0 Å². The summed E-state index contributed by atoms with van der Waals surface area (Å²) in [6.07, 6.45) is 0. The number of hydrogen-bond acceptors (Lipinski definition) is 4. The highest BCUT2D eigenvalue weighted by atomic mass is 35.5. The number of hydrogen-bond donors (Lipinski definition) is 0. The van der Waals surface area contributed by atoms with E-state index in [2.05, 4.69) is 32.6 Å². The van der Waals surface area contributed by atoms with Gasteiger partial charge in [-0.25, -0.2) is 0 Å². The zero-order chi connectivity index (χ0) is 14.8. The van der Waals surface area contributed by atoms with Crippen LogP contribution in [-0.4, -0.2) is 11.6 Å². The summed E-state index contributed by atoms with van der Waals surface area (Å²) in [5, 5.41) is 0. The van der Waals surface area contributed by atoms with Crippen LogP contribution in [0.1, 0.15) is 20.7 Å². The van der Waals surface area contributed by atoms with Crippen LogP contribution < -0.4 is 0 Å². The van der Waals surface area contributed by atoms with E-state index in [-0.39, 0.29) is 0 Å². The van der Waals surface area contributed by atoms with Crippen LogP contribution in [0.25, 0.3) is 0 Å². The lowest BCUT2D eigenvalue weighted by Gasteiger charge is -1.99. The van der Waals surface area contributed by atoms with Crippen LogP contribution in [0.15, 0.2) is 60.7 Å². The minimum Gasteiger partial charge on any atom is -0.285 e. The molecular formula is C14H10Cl2O4. The molecule has 104 valence electrons. The number of carbonyl (C=O) groups is 2. The van der Waals surface area contributed by atoms with E-state index in [1.54, 1.807) is 48.5 Å². The Kier molecular flexibility index (Phi) is 7.54. The lowest BCUT2D eigenvalue weighted by atomic mass is 10.0. The fourth-order valence-corrected chi connectivity index (χ4v) is 1.44. The summed E-state index contributed by atoms with van der Waals surface area (Å²) < 4.78 is 6.56. The fourth-order valence-electron chi connectivity index (χ4n) is 1.44. The van der Waals surface area contributed by atoms with Crippen molar-refractivity contribution in [3.05, 3.63) is 71.8 Å². The number of benzene rings is 2. The summed E-state index contributed by atoms with van der Waals surface area (Å²) in [6.45, 7) is 0. The van der Waals surface area contributed by atoms with E-state index < -0.39 is 11.6 Å². The van der Waals surface area contributed by atoms with Crippen molar-refractivity contribution >= 4 is 35.3 Å². The highest BCUT2D eigenvalue weighted by Crippen LogP contribution is 2.07. The normalized spacial score (nSPS) is 9.30. The number of ketones is 2. The van der Waals surface area contributed by atoms with Gasteiger partial charge in [0.15, 0.2) is 0 Å². The molecule has 0 aromatic heterocycles. The highest BCUT2D eigenvalue weighted by molar-refractivity contribution is 6.49. The van der Waals surface area contributed by atoms with Gasteiger partial charge in [0.1, 0.15) is 23.7 Å². The molecule has 20 heavy (non-hydrogen) atoms. The third-order valence-electron chi connectivity index (χ3n) is 2.30. The monoisotopic (exact) mass is 312 g/mol. The third-order valence-corrected chi connectivity index (χ3v) is 2.49. The van der Waals surface area contributed by atoms with Gasteiger partial charge in [0, 0.05) is 11.1 Å². The largest absolute Gasteiger partial charge is 0.285 e. The van der Waals surface area contributed by atoms with Gasteiger partial charge in [-0.2, -0.15) is 0 Å². The molecule has 0 amide bonds. The number of carbonyl (C=O) groups excluding carboxylic acids is 2. The van der Waals surface area contributed by atoms with Crippen molar-refractivity contribution in [3.8, 4) is 0 Å². The van der Waals surface area contributed by atoms with Crippen molar-refractivity contribution in [1.29, 1.82) is 0 Å². The molecule has 0 bridgehead atoms. The van der Waals surface area contributed by atoms with Crippen LogP contribution in [0, 0.1) is 0 Å². The summed E-state index contributed by atoms with van der Waals surface area (Å²) >= 11 is 8.66. The third kappa shape index (κ3) is 5.11. The minimum absolute atomic E-state index is 0.427. The minimum atomic E-state index is -0.466. The average Bonchev–Trinajstić information content (AvgIpc) is 2.55. The van der Waals surface area contributed by atoms with Gasteiger partial charge in [0.05, 0.1) is 0 Å². The van der Waals surface area contributed by atoms with E-state index in [1.165, 1.54) is 0 Å². The molecule has 0 N–H and O–H groups in total. The molecule has 0 heterocycles. The zero-order valence-electron chi connectivity index (χ0n) is 10.2. The van der Waals surface area contributed by atoms with Gasteiger partial charge in [-0.1, -0.05) is 60.7 Å². The Morgan fingerprint density at radius 3 is 1.20 bits per heavy atom. The van der Waals surface area contributed by atoms with Crippen LogP contribution in [0.3, 0.4) is 0 Å². The molecule has 0 aliphatic heterocycles. The van der Waals surface area contributed by atoms with Gasteiger partial charge in [0.2, 0.25) is 11.6 Å². The fraction of sp³-hybridized carbons (Fsp3) is 0. The molecule has 0 aliphatic rings. The first-order valence-corrected chi connectivity index (χ1v) is 6.07. The topological polar surface area (TPSA) is 52.6 Å². The molecule has 6 heteroatoms. The molecule has 2 aromatic carbocycles. The summed E-state index contributed by atoms with van der Waals surface area (Å²) in [7, 11) is 0. The van der Waals surface area contributed by atoms with Crippen molar-refractivity contribution in [2.45, 2.75) is 0 Å². The van der Waals surface area contributed by atoms with Crippen molar-refractivity contribution in [1.82, 2.24) is 0 Å². The van der Waals surface area contributed by atoms with Crippen molar-refractivity contribution < 1.29 is 18.5 Å². The second-order valence-electron chi connectivity index (χ2n) is 3.52. The first kappa shape index (κ1) is 16.3. The molecule has 0 saturated carbocycles. The Balaban J connectivity index is 0.000000444. The molecule has 0 spiro atoms. The van der Waals surface area contributed by atoms with Gasteiger partial charge in [-0.15, -0.1) is 8.88 Å². The second kappa shape index (κ2) is 9.23.